The van der Waals surface area contributed by atoms with Crippen LogP contribution in [0.5, 0.6) is 0 Å². The molecule has 0 aromatic heterocycles. The van der Waals surface area contributed by atoms with E-state index in [9.17, 15) is 0 Å². The molecule has 0 amide bonds. The molecule has 0 bridgehead atoms. The number of hydrogen-bond acceptors (Lipinski definition) is 1. The number of ether oxygens (including phenoxy) is 1. The normalized spacial score (nSPS) is 13.3. The van der Waals surface area contributed by atoms with E-state index in [1.165, 1.54) is 16.7 Å². The van der Waals surface area contributed by atoms with Gasteiger partial charge in [0.05, 0.1) is 6.10 Å². The van der Waals surface area contributed by atoms with Crippen LogP contribution >= 0.6 is 0 Å². The molecule has 2 aromatic carbocycles. The number of methoxy groups -OCH3 is 1. The monoisotopic (exact) mass is 238 g/mol. The first-order chi connectivity index (χ1) is 8.81. The van der Waals surface area contributed by atoms with E-state index in [1.54, 1.807) is 7.11 Å². The smallest absolute Gasteiger partial charge is 0.0799 e. The van der Waals surface area contributed by atoms with Crippen LogP contribution in [0.1, 0.15) is 18.1 Å². The third kappa shape index (κ3) is 3.08. The molecule has 0 fully saturated rings. The Balaban J connectivity index is 2.41. The highest BCUT2D eigenvalue weighted by Gasteiger charge is 2.09. The maximum Gasteiger partial charge on any atom is 0.0799 e. The topological polar surface area (TPSA) is 9.23 Å². The minimum atomic E-state index is 0.0765. The van der Waals surface area contributed by atoms with Crippen molar-refractivity contribution in [3.8, 4) is 0 Å². The van der Waals surface area contributed by atoms with Crippen LogP contribution in [-0.2, 0) is 4.74 Å². The summed E-state index contributed by atoms with van der Waals surface area (Å²) in [6.45, 7) is 2.07. The van der Waals surface area contributed by atoms with Crippen molar-refractivity contribution in [3.63, 3.8) is 0 Å². The summed E-state index contributed by atoms with van der Waals surface area (Å²) in [6, 6.07) is 20.7. The van der Waals surface area contributed by atoms with Crippen molar-refractivity contribution in [1.29, 1.82) is 0 Å². The Kier molecular flexibility index (Phi) is 4.32. The predicted molar refractivity (Wildman–Crippen MR) is 77.2 cm³/mol. The zero-order valence-corrected chi connectivity index (χ0v) is 10.8. The standard InChI is InChI=1S/C17H18O/c1-14(18-2)17(16-11-7-4-8-12-16)13-15-9-5-3-6-10-15/h3-14H,1-2H3/b17-13+. The van der Waals surface area contributed by atoms with E-state index >= 15 is 0 Å². The van der Waals surface area contributed by atoms with E-state index in [1.807, 2.05) is 24.3 Å². The van der Waals surface area contributed by atoms with Crippen molar-refractivity contribution in [2.45, 2.75) is 13.0 Å². The Bertz CT molecular complexity index is 500. The van der Waals surface area contributed by atoms with Gasteiger partial charge in [-0.1, -0.05) is 60.7 Å². The minimum Gasteiger partial charge on any atom is -0.377 e. The molecule has 1 nitrogen and oxygen atoms in total. The van der Waals surface area contributed by atoms with Gasteiger partial charge in [0, 0.05) is 7.11 Å². The molecule has 0 saturated heterocycles. The molecule has 0 aliphatic rings. The lowest BCUT2D eigenvalue weighted by molar-refractivity contribution is 0.164. The molecule has 2 rings (SSSR count). The van der Waals surface area contributed by atoms with Crippen LogP contribution < -0.4 is 0 Å². The summed E-state index contributed by atoms with van der Waals surface area (Å²) in [5.74, 6) is 0. The first-order valence-corrected chi connectivity index (χ1v) is 6.16. The van der Waals surface area contributed by atoms with Gasteiger partial charge in [-0.15, -0.1) is 0 Å². The van der Waals surface area contributed by atoms with Gasteiger partial charge in [0.1, 0.15) is 0 Å². The highest BCUT2D eigenvalue weighted by Crippen LogP contribution is 2.23. The van der Waals surface area contributed by atoms with Gasteiger partial charge >= 0.3 is 0 Å². The highest BCUT2D eigenvalue weighted by atomic mass is 16.5. The molecule has 0 aliphatic carbocycles. The third-order valence-electron chi connectivity index (χ3n) is 3.02. The molecule has 1 heteroatoms. The predicted octanol–water partition coefficient (Wildman–Crippen LogP) is 4.26. The van der Waals surface area contributed by atoms with Crippen LogP contribution in [0, 0.1) is 0 Å². The van der Waals surface area contributed by atoms with Gasteiger partial charge in [-0.3, -0.25) is 0 Å². The van der Waals surface area contributed by atoms with Crippen LogP contribution in [0.4, 0.5) is 0 Å². The van der Waals surface area contributed by atoms with E-state index in [-0.39, 0.29) is 6.10 Å². The van der Waals surface area contributed by atoms with Gasteiger partial charge in [-0.05, 0) is 29.7 Å². The summed E-state index contributed by atoms with van der Waals surface area (Å²) >= 11 is 0. The van der Waals surface area contributed by atoms with Gasteiger partial charge in [-0.25, -0.2) is 0 Å². The van der Waals surface area contributed by atoms with Crippen molar-refractivity contribution < 1.29 is 4.74 Å². The highest BCUT2D eigenvalue weighted by molar-refractivity contribution is 5.83. The minimum absolute atomic E-state index is 0.0765. The van der Waals surface area contributed by atoms with Gasteiger partial charge in [0.15, 0.2) is 0 Å². The summed E-state index contributed by atoms with van der Waals surface area (Å²) in [6.07, 6.45) is 2.26. The van der Waals surface area contributed by atoms with Gasteiger partial charge in [-0.2, -0.15) is 0 Å². The van der Waals surface area contributed by atoms with Crippen LogP contribution in [0.2, 0.25) is 0 Å². The molecule has 0 saturated carbocycles. The molecule has 18 heavy (non-hydrogen) atoms. The van der Waals surface area contributed by atoms with Crippen LogP contribution in [-0.4, -0.2) is 13.2 Å². The molecule has 1 atom stereocenters. The molecular formula is C17H18O. The zero-order chi connectivity index (χ0) is 12.8. The van der Waals surface area contributed by atoms with E-state index in [0.717, 1.165) is 0 Å². The summed E-state index contributed by atoms with van der Waals surface area (Å²) in [5, 5.41) is 0. The van der Waals surface area contributed by atoms with Gasteiger partial charge in [0.25, 0.3) is 0 Å². The largest absolute Gasteiger partial charge is 0.377 e. The van der Waals surface area contributed by atoms with E-state index in [4.69, 9.17) is 4.74 Å². The lowest BCUT2D eigenvalue weighted by Crippen LogP contribution is -2.07. The Labute approximate surface area is 109 Å². The van der Waals surface area contributed by atoms with Crippen LogP contribution in [0.3, 0.4) is 0 Å². The molecule has 0 aliphatic heterocycles. The SMILES string of the molecule is COC(C)/C(=C\c1ccccc1)c1ccccc1. The third-order valence-corrected chi connectivity index (χ3v) is 3.02. The fraction of sp³-hybridized carbons (Fsp3) is 0.176. The second-order valence-electron chi connectivity index (χ2n) is 4.25. The van der Waals surface area contributed by atoms with Crippen molar-refractivity contribution in [2.24, 2.45) is 0 Å². The lowest BCUT2D eigenvalue weighted by Gasteiger charge is -2.15. The van der Waals surface area contributed by atoms with Gasteiger partial charge < -0.3 is 4.74 Å². The summed E-state index contributed by atoms with van der Waals surface area (Å²) < 4.78 is 5.47. The Morgan fingerprint density at radius 2 is 1.50 bits per heavy atom. The molecule has 0 radical (unpaired) electrons. The maximum atomic E-state index is 5.47. The first kappa shape index (κ1) is 12.6. The second-order valence-corrected chi connectivity index (χ2v) is 4.25. The number of benzene rings is 2. The molecule has 2 aromatic rings. The Hall–Kier alpha value is -1.86. The quantitative estimate of drug-likeness (QED) is 0.723. The fourth-order valence-corrected chi connectivity index (χ4v) is 1.92. The summed E-state index contributed by atoms with van der Waals surface area (Å²) in [5.41, 5.74) is 3.60. The van der Waals surface area contributed by atoms with Crippen molar-refractivity contribution in [2.75, 3.05) is 7.11 Å². The molecule has 0 spiro atoms. The summed E-state index contributed by atoms with van der Waals surface area (Å²) in [7, 11) is 1.74. The number of hydrogen-bond donors (Lipinski definition) is 0. The van der Waals surface area contributed by atoms with Crippen LogP contribution in [0.15, 0.2) is 60.7 Å². The average Bonchev–Trinajstić information content (AvgIpc) is 2.46. The molecule has 0 heterocycles. The zero-order valence-electron chi connectivity index (χ0n) is 10.8. The average molecular weight is 238 g/mol. The van der Waals surface area contributed by atoms with Crippen molar-refractivity contribution in [1.82, 2.24) is 0 Å². The van der Waals surface area contributed by atoms with Crippen LogP contribution in [0.25, 0.3) is 11.6 Å². The number of rotatable bonds is 4. The maximum absolute atomic E-state index is 5.47. The fourth-order valence-electron chi connectivity index (χ4n) is 1.92. The molecule has 92 valence electrons. The van der Waals surface area contributed by atoms with Crippen molar-refractivity contribution >= 4 is 11.6 Å². The van der Waals surface area contributed by atoms with E-state index < -0.39 is 0 Å². The van der Waals surface area contributed by atoms with E-state index in [0.29, 0.717) is 0 Å². The Morgan fingerprint density at radius 1 is 0.944 bits per heavy atom. The second kappa shape index (κ2) is 6.18. The molecular weight excluding hydrogens is 220 g/mol. The molecule has 0 N–H and O–H groups in total. The Morgan fingerprint density at radius 3 is 2.06 bits per heavy atom. The summed E-state index contributed by atoms with van der Waals surface area (Å²) in [4.78, 5) is 0. The first-order valence-electron chi connectivity index (χ1n) is 6.16. The van der Waals surface area contributed by atoms with Crippen molar-refractivity contribution in [3.05, 3.63) is 71.8 Å². The molecule has 1 unspecified atom stereocenters. The van der Waals surface area contributed by atoms with E-state index in [2.05, 4.69) is 49.4 Å². The van der Waals surface area contributed by atoms with Gasteiger partial charge in [0.2, 0.25) is 0 Å². The lowest BCUT2D eigenvalue weighted by atomic mass is 9.98.